The Balaban J connectivity index is 1.61. The van der Waals surface area contributed by atoms with Crippen molar-refractivity contribution >= 4 is 21.7 Å². The molecule has 126 valence electrons. The summed E-state index contributed by atoms with van der Waals surface area (Å²) < 4.78 is 23.1. The fourth-order valence-electron chi connectivity index (χ4n) is 3.22. The van der Waals surface area contributed by atoms with E-state index in [2.05, 4.69) is 14.9 Å². The monoisotopic (exact) mass is 338 g/mol. The summed E-state index contributed by atoms with van der Waals surface area (Å²) in [4.78, 5) is 25.2. The molecule has 0 aliphatic carbocycles. The van der Waals surface area contributed by atoms with E-state index >= 15 is 0 Å². The molecule has 1 aromatic rings. The topological polar surface area (TPSA) is 83.5 Å². The molecule has 8 heteroatoms. The fourth-order valence-corrected chi connectivity index (χ4v) is 4.96. The Labute approximate surface area is 136 Å². The maximum atomic E-state index is 12.5. The molecule has 0 unspecified atom stereocenters. The van der Waals surface area contributed by atoms with Crippen LogP contribution in [0.5, 0.6) is 0 Å². The number of anilines is 1. The van der Waals surface area contributed by atoms with Crippen molar-refractivity contribution in [2.75, 3.05) is 42.6 Å². The molecule has 2 aliphatic heterocycles. The van der Waals surface area contributed by atoms with Gasteiger partial charge in [0.1, 0.15) is 0 Å². The van der Waals surface area contributed by atoms with E-state index in [-0.39, 0.29) is 23.3 Å². The van der Waals surface area contributed by atoms with Crippen molar-refractivity contribution in [1.82, 2.24) is 14.9 Å². The van der Waals surface area contributed by atoms with Gasteiger partial charge >= 0.3 is 0 Å². The van der Waals surface area contributed by atoms with Crippen LogP contribution in [-0.4, -0.2) is 66.9 Å². The molecule has 0 bridgehead atoms. The van der Waals surface area contributed by atoms with Crippen LogP contribution in [-0.2, 0) is 14.6 Å². The summed E-state index contributed by atoms with van der Waals surface area (Å²) >= 11 is 0. The van der Waals surface area contributed by atoms with Gasteiger partial charge in [-0.25, -0.2) is 18.4 Å². The quantitative estimate of drug-likeness (QED) is 0.765. The molecular weight excluding hydrogens is 316 g/mol. The summed E-state index contributed by atoms with van der Waals surface area (Å²) in [6.07, 6.45) is 0.460. The van der Waals surface area contributed by atoms with E-state index in [1.54, 1.807) is 4.90 Å². The van der Waals surface area contributed by atoms with Crippen molar-refractivity contribution in [3.05, 3.63) is 17.5 Å². The van der Waals surface area contributed by atoms with Gasteiger partial charge in [0.15, 0.2) is 9.84 Å². The maximum absolute atomic E-state index is 12.5. The molecule has 2 aliphatic rings. The fraction of sp³-hybridized carbons (Fsp3) is 0.667. The van der Waals surface area contributed by atoms with Crippen LogP contribution in [0.3, 0.4) is 0 Å². The predicted octanol–water partition coefficient (Wildman–Crippen LogP) is 0.177. The van der Waals surface area contributed by atoms with Crippen LogP contribution in [0.4, 0.5) is 5.95 Å². The van der Waals surface area contributed by atoms with Gasteiger partial charge in [0, 0.05) is 37.6 Å². The molecule has 1 amide bonds. The number of carbonyl (C=O) groups excluding carboxylic acids is 1. The second kappa shape index (κ2) is 6.07. The molecular formula is C15H22N4O3S. The largest absolute Gasteiger partial charge is 0.339 e. The summed E-state index contributed by atoms with van der Waals surface area (Å²) in [6, 6.07) is 1.93. The highest BCUT2D eigenvalue weighted by atomic mass is 32.2. The van der Waals surface area contributed by atoms with Crippen molar-refractivity contribution < 1.29 is 13.2 Å². The molecule has 3 heterocycles. The first kappa shape index (κ1) is 16.2. The van der Waals surface area contributed by atoms with E-state index in [4.69, 9.17) is 0 Å². The van der Waals surface area contributed by atoms with E-state index in [0.29, 0.717) is 38.5 Å². The third-order valence-corrected chi connectivity index (χ3v) is 6.19. The molecule has 3 rings (SSSR count). The Hall–Kier alpha value is -1.70. The maximum Gasteiger partial charge on any atom is 0.226 e. The average molecular weight is 338 g/mol. The zero-order chi connectivity index (χ0) is 16.6. The first-order valence-corrected chi connectivity index (χ1v) is 9.73. The van der Waals surface area contributed by atoms with Gasteiger partial charge < -0.3 is 9.80 Å². The zero-order valence-corrected chi connectivity index (χ0v) is 14.3. The number of hydrogen-bond donors (Lipinski definition) is 0. The summed E-state index contributed by atoms with van der Waals surface area (Å²) in [5.41, 5.74) is 1.87. The number of amides is 1. The zero-order valence-electron chi connectivity index (χ0n) is 13.5. The SMILES string of the molecule is Cc1cc(C)nc(N2CCN(C(=O)[C@@H]3CCS(=O)(=O)C3)CC2)n1. The lowest BCUT2D eigenvalue weighted by molar-refractivity contribution is -0.135. The molecule has 23 heavy (non-hydrogen) atoms. The third kappa shape index (κ3) is 3.63. The number of carbonyl (C=O) groups is 1. The highest BCUT2D eigenvalue weighted by Gasteiger charge is 2.36. The van der Waals surface area contributed by atoms with E-state index in [1.807, 2.05) is 19.9 Å². The number of aromatic nitrogens is 2. The standard InChI is InChI=1S/C15H22N4O3S/c1-11-9-12(2)17-15(16-11)19-6-4-18(5-7-19)14(20)13-3-8-23(21,22)10-13/h9,13H,3-8,10H2,1-2H3/t13-/m1/s1. The molecule has 0 aromatic carbocycles. The Morgan fingerprint density at radius 1 is 1.13 bits per heavy atom. The third-order valence-electron chi connectivity index (χ3n) is 4.43. The number of hydrogen-bond acceptors (Lipinski definition) is 6. The number of rotatable bonds is 2. The molecule has 2 fully saturated rings. The van der Waals surface area contributed by atoms with Crippen LogP contribution >= 0.6 is 0 Å². The molecule has 1 atom stereocenters. The average Bonchev–Trinajstić information content (AvgIpc) is 2.86. The van der Waals surface area contributed by atoms with Crippen LogP contribution in [0, 0.1) is 19.8 Å². The van der Waals surface area contributed by atoms with Gasteiger partial charge in [-0.3, -0.25) is 4.79 Å². The summed E-state index contributed by atoms with van der Waals surface area (Å²) in [5.74, 6) is 0.473. The van der Waals surface area contributed by atoms with E-state index in [0.717, 1.165) is 11.4 Å². The summed E-state index contributed by atoms with van der Waals surface area (Å²) in [6.45, 7) is 6.41. The lowest BCUT2D eigenvalue weighted by atomic mass is 10.1. The van der Waals surface area contributed by atoms with Crippen molar-refractivity contribution in [2.24, 2.45) is 5.92 Å². The normalized spacial score (nSPS) is 24.0. The highest BCUT2D eigenvalue weighted by molar-refractivity contribution is 7.91. The van der Waals surface area contributed by atoms with Crippen LogP contribution in [0.2, 0.25) is 0 Å². The van der Waals surface area contributed by atoms with Gasteiger partial charge in [-0.15, -0.1) is 0 Å². The van der Waals surface area contributed by atoms with Crippen LogP contribution < -0.4 is 4.90 Å². The summed E-state index contributed by atoms with van der Waals surface area (Å²) in [7, 11) is -3.02. The van der Waals surface area contributed by atoms with Gasteiger partial charge in [-0.1, -0.05) is 0 Å². The number of sulfone groups is 1. The number of piperazine rings is 1. The van der Waals surface area contributed by atoms with E-state index in [9.17, 15) is 13.2 Å². The van der Waals surface area contributed by atoms with Gasteiger partial charge in [0.25, 0.3) is 0 Å². The van der Waals surface area contributed by atoms with E-state index < -0.39 is 9.84 Å². The van der Waals surface area contributed by atoms with Crippen molar-refractivity contribution in [2.45, 2.75) is 20.3 Å². The molecule has 0 radical (unpaired) electrons. The smallest absolute Gasteiger partial charge is 0.226 e. The van der Waals surface area contributed by atoms with Crippen molar-refractivity contribution in [3.63, 3.8) is 0 Å². The van der Waals surface area contributed by atoms with Crippen molar-refractivity contribution in [3.8, 4) is 0 Å². The first-order valence-electron chi connectivity index (χ1n) is 7.90. The molecule has 2 saturated heterocycles. The Morgan fingerprint density at radius 3 is 2.26 bits per heavy atom. The Bertz CT molecular complexity index is 691. The number of nitrogens with zero attached hydrogens (tertiary/aromatic N) is 4. The molecule has 1 aromatic heterocycles. The van der Waals surface area contributed by atoms with Gasteiger partial charge in [-0.2, -0.15) is 0 Å². The van der Waals surface area contributed by atoms with Gasteiger partial charge in [0.05, 0.1) is 17.4 Å². The molecule has 0 saturated carbocycles. The minimum atomic E-state index is -3.02. The number of aryl methyl sites for hydroxylation is 2. The van der Waals surface area contributed by atoms with Crippen molar-refractivity contribution in [1.29, 1.82) is 0 Å². The van der Waals surface area contributed by atoms with Gasteiger partial charge in [-0.05, 0) is 26.3 Å². The Morgan fingerprint density at radius 2 is 1.74 bits per heavy atom. The first-order chi connectivity index (χ1) is 10.8. The van der Waals surface area contributed by atoms with Crippen LogP contribution in [0.1, 0.15) is 17.8 Å². The Kier molecular flexibility index (Phi) is 4.27. The highest BCUT2D eigenvalue weighted by Crippen LogP contribution is 2.22. The molecule has 0 spiro atoms. The lowest BCUT2D eigenvalue weighted by Crippen LogP contribution is -2.51. The second-order valence-electron chi connectivity index (χ2n) is 6.36. The lowest BCUT2D eigenvalue weighted by Gasteiger charge is -2.36. The minimum Gasteiger partial charge on any atom is -0.339 e. The molecule has 0 N–H and O–H groups in total. The second-order valence-corrected chi connectivity index (χ2v) is 8.59. The van der Waals surface area contributed by atoms with Crippen LogP contribution in [0.15, 0.2) is 6.07 Å². The van der Waals surface area contributed by atoms with Crippen LogP contribution in [0.25, 0.3) is 0 Å². The summed E-state index contributed by atoms with van der Waals surface area (Å²) in [5, 5.41) is 0. The predicted molar refractivity (Wildman–Crippen MR) is 87.1 cm³/mol. The molecule has 7 nitrogen and oxygen atoms in total. The minimum absolute atomic E-state index is 0.00618. The van der Waals surface area contributed by atoms with E-state index in [1.165, 1.54) is 0 Å². The van der Waals surface area contributed by atoms with Gasteiger partial charge in [0.2, 0.25) is 11.9 Å².